The molecule has 18 heavy (non-hydrogen) atoms. The molecule has 0 unspecified atom stereocenters. The standard InChI is InChI=1S/C13H22O5/c1-15-12(14)3-2-8-16-11-4-6-13(7-5-11)17-9-10-18-13/h11H,2-10H2,1H3. The Kier molecular flexibility index (Phi) is 4.97. The Morgan fingerprint density at radius 2 is 1.94 bits per heavy atom. The lowest BCUT2D eigenvalue weighted by Crippen LogP contribution is -2.37. The van der Waals surface area contributed by atoms with E-state index in [1.54, 1.807) is 0 Å². The normalized spacial score (nSPS) is 23.4. The van der Waals surface area contributed by atoms with Crippen LogP contribution < -0.4 is 0 Å². The van der Waals surface area contributed by atoms with E-state index in [0.717, 1.165) is 32.1 Å². The topological polar surface area (TPSA) is 54.0 Å². The minimum absolute atomic E-state index is 0.172. The number of carbonyl (C=O) groups is 1. The van der Waals surface area contributed by atoms with Gasteiger partial charge >= 0.3 is 5.97 Å². The smallest absolute Gasteiger partial charge is 0.305 e. The number of hydrogen-bond donors (Lipinski definition) is 0. The van der Waals surface area contributed by atoms with Crippen molar-refractivity contribution >= 4 is 5.97 Å². The highest BCUT2D eigenvalue weighted by Gasteiger charge is 2.40. The summed E-state index contributed by atoms with van der Waals surface area (Å²) in [5.74, 6) is -0.486. The van der Waals surface area contributed by atoms with Gasteiger partial charge in [-0.3, -0.25) is 4.79 Å². The average molecular weight is 258 g/mol. The summed E-state index contributed by atoms with van der Waals surface area (Å²) < 4.78 is 21.7. The van der Waals surface area contributed by atoms with Gasteiger partial charge < -0.3 is 18.9 Å². The molecule has 104 valence electrons. The Labute approximate surface area is 108 Å². The first-order valence-corrected chi connectivity index (χ1v) is 6.70. The van der Waals surface area contributed by atoms with E-state index >= 15 is 0 Å². The second-order valence-electron chi connectivity index (χ2n) is 4.86. The van der Waals surface area contributed by atoms with Crippen molar-refractivity contribution in [1.82, 2.24) is 0 Å². The van der Waals surface area contributed by atoms with E-state index in [4.69, 9.17) is 14.2 Å². The molecule has 0 aromatic carbocycles. The zero-order valence-corrected chi connectivity index (χ0v) is 11.0. The fourth-order valence-electron chi connectivity index (χ4n) is 2.55. The van der Waals surface area contributed by atoms with Gasteiger partial charge in [-0.25, -0.2) is 0 Å². The number of carbonyl (C=O) groups excluding carboxylic acids is 1. The van der Waals surface area contributed by atoms with Crippen LogP contribution in [0.4, 0.5) is 0 Å². The minimum atomic E-state index is -0.314. The summed E-state index contributed by atoms with van der Waals surface area (Å²) in [6.07, 6.45) is 5.20. The van der Waals surface area contributed by atoms with Crippen LogP contribution in [0.2, 0.25) is 0 Å². The molecular weight excluding hydrogens is 236 g/mol. The lowest BCUT2D eigenvalue weighted by Gasteiger charge is -2.35. The highest BCUT2D eigenvalue weighted by Crippen LogP contribution is 2.36. The maximum atomic E-state index is 10.9. The van der Waals surface area contributed by atoms with Crippen molar-refractivity contribution in [1.29, 1.82) is 0 Å². The van der Waals surface area contributed by atoms with E-state index in [2.05, 4.69) is 4.74 Å². The van der Waals surface area contributed by atoms with Crippen LogP contribution in [0.3, 0.4) is 0 Å². The van der Waals surface area contributed by atoms with Gasteiger partial charge in [0, 0.05) is 25.9 Å². The van der Waals surface area contributed by atoms with Crippen LogP contribution in [0.15, 0.2) is 0 Å². The molecule has 0 radical (unpaired) electrons. The molecule has 5 heteroatoms. The molecule has 0 amide bonds. The molecule has 0 bridgehead atoms. The number of esters is 1. The van der Waals surface area contributed by atoms with Crippen molar-refractivity contribution in [3.8, 4) is 0 Å². The Bertz CT molecular complexity index is 263. The lowest BCUT2D eigenvalue weighted by molar-refractivity contribution is -0.191. The van der Waals surface area contributed by atoms with Crippen molar-refractivity contribution < 1.29 is 23.7 Å². The van der Waals surface area contributed by atoms with Crippen molar-refractivity contribution in [3.05, 3.63) is 0 Å². The van der Waals surface area contributed by atoms with Crippen molar-refractivity contribution in [2.75, 3.05) is 26.9 Å². The quantitative estimate of drug-likeness (QED) is 0.554. The van der Waals surface area contributed by atoms with Gasteiger partial charge in [0.15, 0.2) is 5.79 Å². The van der Waals surface area contributed by atoms with E-state index < -0.39 is 0 Å². The molecule has 1 aliphatic heterocycles. The Morgan fingerprint density at radius 1 is 1.28 bits per heavy atom. The van der Waals surface area contributed by atoms with Gasteiger partial charge in [0.1, 0.15) is 0 Å². The van der Waals surface area contributed by atoms with Crippen LogP contribution in [-0.2, 0) is 23.7 Å². The molecular formula is C13H22O5. The van der Waals surface area contributed by atoms with Crippen molar-refractivity contribution in [2.45, 2.75) is 50.4 Å². The molecule has 1 aliphatic carbocycles. The minimum Gasteiger partial charge on any atom is -0.469 e. The van der Waals surface area contributed by atoms with Gasteiger partial charge in [-0.1, -0.05) is 0 Å². The average Bonchev–Trinajstić information content (AvgIpc) is 2.85. The molecule has 1 saturated carbocycles. The zero-order valence-electron chi connectivity index (χ0n) is 11.0. The molecule has 1 spiro atoms. The molecule has 2 fully saturated rings. The molecule has 0 N–H and O–H groups in total. The summed E-state index contributed by atoms with van der Waals surface area (Å²) in [7, 11) is 1.41. The molecule has 1 heterocycles. The third-order valence-electron chi connectivity index (χ3n) is 3.61. The van der Waals surface area contributed by atoms with Gasteiger partial charge in [-0.05, 0) is 19.3 Å². The number of ether oxygens (including phenoxy) is 4. The Hall–Kier alpha value is -0.650. The van der Waals surface area contributed by atoms with E-state index in [9.17, 15) is 4.79 Å². The summed E-state index contributed by atoms with van der Waals surface area (Å²) in [4.78, 5) is 10.9. The van der Waals surface area contributed by atoms with Crippen LogP contribution in [0.25, 0.3) is 0 Å². The number of methoxy groups -OCH3 is 1. The maximum Gasteiger partial charge on any atom is 0.305 e. The van der Waals surface area contributed by atoms with Gasteiger partial charge in [0.25, 0.3) is 0 Å². The first-order chi connectivity index (χ1) is 8.74. The second kappa shape index (κ2) is 6.50. The largest absolute Gasteiger partial charge is 0.469 e. The maximum absolute atomic E-state index is 10.9. The first-order valence-electron chi connectivity index (χ1n) is 6.70. The third-order valence-corrected chi connectivity index (χ3v) is 3.61. The predicted molar refractivity (Wildman–Crippen MR) is 64.1 cm³/mol. The molecule has 2 aliphatic rings. The monoisotopic (exact) mass is 258 g/mol. The predicted octanol–water partition coefficient (Wildman–Crippen LogP) is 1.64. The van der Waals surface area contributed by atoms with Crippen LogP contribution in [0.1, 0.15) is 38.5 Å². The second-order valence-corrected chi connectivity index (χ2v) is 4.86. The molecule has 0 aromatic rings. The first kappa shape index (κ1) is 13.8. The van der Waals surface area contributed by atoms with Crippen LogP contribution in [0.5, 0.6) is 0 Å². The highest BCUT2D eigenvalue weighted by molar-refractivity contribution is 5.68. The zero-order chi connectivity index (χ0) is 12.8. The van der Waals surface area contributed by atoms with Crippen molar-refractivity contribution in [3.63, 3.8) is 0 Å². The van der Waals surface area contributed by atoms with Gasteiger partial charge in [0.2, 0.25) is 0 Å². The van der Waals surface area contributed by atoms with E-state index in [1.165, 1.54) is 7.11 Å². The highest BCUT2D eigenvalue weighted by atomic mass is 16.7. The van der Waals surface area contributed by atoms with E-state index in [1.807, 2.05) is 0 Å². The lowest BCUT2D eigenvalue weighted by atomic mass is 9.92. The molecule has 1 saturated heterocycles. The Balaban J connectivity index is 1.57. The summed E-state index contributed by atoms with van der Waals surface area (Å²) in [5, 5.41) is 0. The van der Waals surface area contributed by atoms with E-state index in [-0.39, 0.29) is 17.9 Å². The van der Waals surface area contributed by atoms with Crippen LogP contribution >= 0.6 is 0 Å². The molecule has 0 aromatic heterocycles. The fourth-order valence-corrected chi connectivity index (χ4v) is 2.55. The Morgan fingerprint density at radius 3 is 2.56 bits per heavy atom. The van der Waals surface area contributed by atoms with Gasteiger partial charge in [-0.15, -0.1) is 0 Å². The van der Waals surface area contributed by atoms with Crippen LogP contribution in [-0.4, -0.2) is 44.8 Å². The van der Waals surface area contributed by atoms with Crippen LogP contribution in [0, 0.1) is 0 Å². The summed E-state index contributed by atoms with van der Waals surface area (Å²) >= 11 is 0. The molecule has 5 nitrogen and oxygen atoms in total. The summed E-state index contributed by atoms with van der Waals surface area (Å²) in [6, 6.07) is 0. The SMILES string of the molecule is COC(=O)CCCOC1CCC2(CC1)OCCO2. The van der Waals surface area contributed by atoms with E-state index in [0.29, 0.717) is 26.2 Å². The molecule has 0 atom stereocenters. The number of hydrogen-bond acceptors (Lipinski definition) is 5. The third kappa shape index (κ3) is 3.67. The fraction of sp³-hybridized carbons (Fsp3) is 0.923. The van der Waals surface area contributed by atoms with Gasteiger partial charge in [0.05, 0.1) is 26.4 Å². The van der Waals surface area contributed by atoms with Gasteiger partial charge in [-0.2, -0.15) is 0 Å². The summed E-state index contributed by atoms with van der Waals surface area (Å²) in [5.41, 5.74) is 0. The van der Waals surface area contributed by atoms with Crippen molar-refractivity contribution in [2.24, 2.45) is 0 Å². The molecule has 2 rings (SSSR count). The summed E-state index contributed by atoms with van der Waals surface area (Å²) in [6.45, 7) is 2.05. The number of rotatable bonds is 5.